The van der Waals surface area contributed by atoms with Gasteiger partial charge < -0.3 is 14.6 Å². The molecule has 0 atom stereocenters. The van der Waals surface area contributed by atoms with Crippen LogP contribution < -0.4 is 10.2 Å². The topological polar surface area (TPSA) is 88.3 Å². The van der Waals surface area contributed by atoms with Crippen LogP contribution in [0.15, 0.2) is 53.2 Å². The zero-order valence-corrected chi connectivity index (χ0v) is 16.2. The van der Waals surface area contributed by atoms with E-state index in [0.717, 1.165) is 5.69 Å². The van der Waals surface area contributed by atoms with Crippen LogP contribution in [0.1, 0.15) is 29.5 Å². The highest BCUT2D eigenvalue weighted by Crippen LogP contribution is 2.23. The number of anilines is 1. The number of oxazole rings is 1. The molecule has 0 fully saturated rings. The van der Waals surface area contributed by atoms with Gasteiger partial charge in [-0.3, -0.25) is 9.59 Å². The third-order valence-electron chi connectivity index (χ3n) is 4.18. The maximum Gasteiger partial charge on any atom is 0.288 e. The minimum atomic E-state index is -0.399. The third-order valence-corrected chi connectivity index (χ3v) is 4.52. The Balaban J connectivity index is 1.67. The van der Waals surface area contributed by atoms with Gasteiger partial charge >= 0.3 is 0 Å². The summed E-state index contributed by atoms with van der Waals surface area (Å²) in [5.74, 6) is 0.0399. The molecule has 7 nitrogen and oxygen atoms in total. The first-order valence-electron chi connectivity index (χ1n) is 8.70. The fourth-order valence-electron chi connectivity index (χ4n) is 2.54. The van der Waals surface area contributed by atoms with Crippen LogP contribution in [0.25, 0.3) is 11.5 Å². The minimum Gasteiger partial charge on any atom is -0.431 e. The van der Waals surface area contributed by atoms with E-state index in [4.69, 9.17) is 16.0 Å². The molecule has 0 saturated heterocycles. The first-order valence-corrected chi connectivity index (χ1v) is 9.07. The summed E-state index contributed by atoms with van der Waals surface area (Å²) in [5, 5.41) is 3.06. The van der Waals surface area contributed by atoms with Crippen molar-refractivity contribution in [1.82, 2.24) is 15.3 Å². The first kappa shape index (κ1) is 19.6. The molecule has 0 saturated carbocycles. The number of benzene rings is 1. The SMILES string of the molecule is CCC(=O)N(C)c1ccc(-c2ncc(C(=O)NCc3cccnc3Cl)o2)cc1. The van der Waals surface area contributed by atoms with Gasteiger partial charge in [-0.05, 0) is 30.3 Å². The van der Waals surface area contributed by atoms with E-state index in [9.17, 15) is 9.59 Å². The maximum atomic E-state index is 12.3. The highest BCUT2D eigenvalue weighted by atomic mass is 35.5. The number of hydrogen-bond acceptors (Lipinski definition) is 5. The van der Waals surface area contributed by atoms with E-state index in [1.807, 2.05) is 6.92 Å². The number of nitrogens with one attached hydrogen (secondary N) is 1. The van der Waals surface area contributed by atoms with Gasteiger partial charge in [-0.15, -0.1) is 0 Å². The fourth-order valence-corrected chi connectivity index (χ4v) is 2.72. The van der Waals surface area contributed by atoms with Gasteiger partial charge in [0.15, 0.2) is 0 Å². The molecule has 0 aliphatic rings. The third kappa shape index (κ3) is 4.37. The van der Waals surface area contributed by atoms with Crippen LogP contribution in [-0.4, -0.2) is 28.8 Å². The average Bonchev–Trinajstić information content (AvgIpc) is 3.22. The summed E-state index contributed by atoms with van der Waals surface area (Å²) in [5.41, 5.74) is 2.18. The minimum absolute atomic E-state index is 0.0246. The van der Waals surface area contributed by atoms with Gasteiger partial charge in [-0.25, -0.2) is 9.97 Å². The van der Waals surface area contributed by atoms with Crippen molar-refractivity contribution in [3.05, 3.63) is 65.3 Å². The monoisotopic (exact) mass is 398 g/mol. The number of carbonyl (C=O) groups excluding carboxylic acids is 2. The second-order valence-electron chi connectivity index (χ2n) is 6.02. The van der Waals surface area contributed by atoms with E-state index >= 15 is 0 Å². The number of halogens is 1. The summed E-state index contributed by atoms with van der Waals surface area (Å²) in [6.07, 6.45) is 3.38. The standard InChI is InChI=1S/C20H19ClN4O3/c1-3-17(26)25(2)15-8-6-13(7-9-15)20-24-12-16(28-20)19(27)23-11-14-5-4-10-22-18(14)21/h4-10,12H,3,11H2,1-2H3,(H,23,27). The van der Waals surface area contributed by atoms with Crippen molar-refractivity contribution in [2.75, 3.05) is 11.9 Å². The molecule has 28 heavy (non-hydrogen) atoms. The summed E-state index contributed by atoms with van der Waals surface area (Å²) in [4.78, 5) is 33.7. The number of aromatic nitrogens is 2. The molecule has 2 amide bonds. The van der Waals surface area contributed by atoms with E-state index < -0.39 is 5.91 Å². The van der Waals surface area contributed by atoms with Crippen molar-refractivity contribution in [3.8, 4) is 11.5 Å². The van der Waals surface area contributed by atoms with Crippen molar-refractivity contribution in [2.24, 2.45) is 0 Å². The predicted octanol–water partition coefficient (Wildman–Crippen LogP) is 3.69. The molecule has 1 aromatic carbocycles. The van der Waals surface area contributed by atoms with Crippen molar-refractivity contribution in [3.63, 3.8) is 0 Å². The van der Waals surface area contributed by atoms with Crippen LogP contribution in [0.5, 0.6) is 0 Å². The van der Waals surface area contributed by atoms with Crippen LogP contribution in [-0.2, 0) is 11.3 Å². The Morgan fingerprint density at radius 1 is 1.18 bits per heavy atom. The van der Waals surface area contributed by atoms with Gasteiger partial charge in [0.05, 0.1) is 6.20 Å². The number of amides is 2. The molecule has 8 heteroatoms. The van der Waals surface area contributed by atoms with Crippen LogP contribution in [0.2, 0.25) is 5.15 Å². The van der Waals surface area contributed by atoms with Crippen LogP contribution >= 0.6 is 11.6 Å². The quantitative estimate of drug-likeness (QED) is 0.639. The highest BCUT2D eigenvalue weighted by molar-refractivity contribution is 6.30. The Bertz CT molecular complexity index is 985. The van der Waals surface area contributed by atoms with E-state index in [1.165, 1.54) is 6.20 Å². The van der Waals surface area contributed by atoms with Gasteiger partial charge in [0.25, 0.3) is 5.91 Å². The highest BCUT2D eigenvalue weighted by Gasteiger charge is 2.15. The molecular formula is C20H19ClN4O3. The Morgan fingerprint density at radius 3 is 2.61 bits per heavy atom. The molecule has 144 valence electrons. The summed E-state index contributed by atoms with van der Waals surface area (Å²) in [7, 11) is 1.73. The number of carbonyl (C=O) groups is 2. The van der Waals surface area contributed by atoms with Crippen LogP contribution in [0.4, 0.5) is 5.69 Å². The summed E-state index contributed by atoms with van der Waals surface area (Å²) < 4.78 is 5.57. The molecule has 1 N–H and O–H groups in total. The van der Waals surface area contributed by atoms with Gasteiger partial charge in [-0.2, -0.15) is 0 Å². The Morgan fingerprint density at radius 2 is 1.93 bits per heavy atom. The molecular weight excluding hydrogens is 380 g/mol. The molecule has 0 bridgehead atoms. The van der Waals surface area contributed by atoms with Gasteiger partial charge in [0.2, 0.25) is 17.6 Å². The molecule has 3 rings (SSSR count). The number of nitrogens with zero attached hydrogens (tertiary/aromatic N) is 3. The van der Waals surface area contributed by atoms with Crippen LogP contribution in [0.3, 0.4) is 0 Å². The molecule has 0 aliphatic carbocycles. The lowest BCUT2D eigenvalue weighted by Gasteiger charge is -2.16. The van der Waals surface area contributed by atoms with E-state index in [-0.39, 0.29) is 18.2 Å². The number of rotatable bonds is 6. The second kappa shape index (κ2) is 8.67. The molecule has 2 heterocycles. The molecule has 0 spiro atoms. The normalized spacial score (nSPS) is 10.5. The summed E-state index contributed by atoms with van der Waals surface area (Å²) in [6.45, 7) is 2.04. The lowest BCUT2D eigenvalue weighted by atomic mass is 10.2. The van der Waals surface area contributed by atoms with Gasteiger partial charge in [0, 0.05) is 43.0 Å². The second-order valence-corrected chi connectivity index (χ2v) is 6.38. The summed E-state index contributed by atoms with van der Waals surface area (Å²) >= 11 is 5.98. The molecule has 0 unspecified atom stereocenters. The zero-order valence-electron chi connectivity index (χ0n) is 15.5. The lowest BCUT2D eigenvalue weighted by Crippen LogP contribution is -2.24. The number of pyridine rings is 1. The van der Waals surface area contributed by atoms with Crippen molar-refractivity contribution < 1.29 is 14.0 Å². The summed E-state index contributed by atoms with van der Waals surface area (Å²) in [6, 6.07) is 10.7. The Labute approximate surface area is 167 Å². The van der Waals surface area contributed by atoms with Crippen molar-refractivity contribution in [2.45, 2.75) is 19.9 Å². The van der Waals surface area contributed by atoms with Crippen molar-refractivity contribution in [1.29, 1.82) is 0 Å². The lowest BCUT2D eigenvalue weighted by molar-refractivity contribution is -0.118. The van der Waals surface area contributed by atoms with E-state index in [1.54, 1.807) is 54.5 Å². The zero-order chi connectivity index (χ0) is 20.1. The van der Waals surface area contributed by atoms with Gasteiger partial charge in [-0.1, -0.05) is 24.6 Å². The smallest absolute Gasteiger partial charge is 0.288 e. The average molecular weight is 399 g/mol. The Hall–Kier alpha value is -3.19. The molecule has 3 aromatic rings. The molecule has 0 aliphatic heterocycles. The van der Waals surface area contributed by atoms with Crippen molar-refractivity contribution >= 4 is 29.1 Å². The predicted molar refractivity (Wildman–Crippen MR) is 106 cm³/mol. The maximum absolute atomic E-state index is 12.3. The van der Waals surface area contributed by atoms with Gasteiger partial charge in [0.1, 0.15) is 5.15 Å². The number of hydrogen-bond donors (Lipinski definition) is 1. The molecule has 2 aromatic heterocycles. The Kier molecular flexibility index (Phi) is 6.06. The van der Waals surface area contributed by atoms with E-state index in [2.05, 4.69) is 15.3 Å². The molecule has 0 radical (unpaired) electrons. The first-order chi connectivity index (χ1) is 13.5. The van der Waals surface area contributed by atoms with E-state index in [0.29, 0.717) is 28.6 Å². The fraction of sp³-hybridized carbons (Fsp3) is 0.200. The largest absolute Gasteiger partial charge is 0.431 e. The van der Waals surface area contributed by atoms with Crippen LogP contribution in [0, 0.1) is 0 Å².